The first-order chi connectivity index (χ1) is 9.11. The fourth-order valence-corrected chi connectivity index (χ4v) is 1.89. The van der Waals surface area contributed by atoms with E-state index in [4.69, 9.17) is 9.84 Å². The molecule has 0 aliphatic heterocycles. The van der Waals surface area contributed by atoms with Crippen LogP contribution >= 0.6 is 0 Å². The Morgan fingerprint density at radius 3 is 1.89 bits per heavy atom. The maximum Gasteiger partial charge on any atom is 0.310 e. The first-order valence-electron chi connectivity index (χ1n) is 6.09. The zero-order chi connectivity index (χ0) is 13.8. The Bertz CT molecular complexity index is 556. The molecule has 0 saturated heterocycles. The number of ether oxygens (including phenoxy) is 1. The second kappa shape index (κ2) is 5.57. The second-order valence-electron chi connectivity index (χ2n) is 4.41. The Balaban J connectivity index is 2.24. The van der Waals surface area contributed by atoms with Crippen molar-refractivity contribution in [2.24, 2.45) is 0 Å². The molecule has 0 bridgehead atoms. The SMILES string of the molecule is COc1ccc(-c2ccc(C(C)C(=O)O)cc2)cc1. The lowest BCUT2D eigenvalue weighted by Gasteiger charge is -2.08. The Kier molecular flexibility index (Phi) is 3.85. The van der Waals surface area contributed by atoms with Crippen LogP contribution < -0.4 is 4.74 Å². The number of hydrogen-bond donors (Lipinski definition) is 1. The summed E-state index contributed by atoms with van der Waals surface area (Å²) in [4.78, 5) is 10.9. The van der Waals surface area contributed by atoms with Gasteiger partial charge in [-0.3, -0.25) is 4.79 Å². The van der Waals surface area contributed by atoms with Gasteiger partial charge in [0.15, 0.2) is 0 Å². The van der Waals surface area contributed by atoms with Gasteiger partial charge in [-0.15, -0.1) is 0 Å². The summed E-state index contributed by atoms with van der Waals surface area (Å²) in [6, 6.07) is 15.4. The number of carbonyl (C=O) groups is 1. The van der Waals surface area contributed by atoms with E-state index in [1.165, 1.54) is 0 Å². The van der Waals surface area contributed by atoms with Gasteiger partial charge < -0.3 is 9.84 Å². The van der Waals surface area contributed by atoms with Crippen LogP contribution in [0.5, 0.6) is 5.75 Å². The maximum atomic E-state index is 10.9. The van der Waals surface area contributed by atoms with Crippen molar-refractivity contribution in [3.63, 3.8) is 0 Å². The zero-order valence-corrected chi connectivity index (χ0v) is 11.0. The maximum absolute atomic E-state index is 10.9. The Morgan fingerprint density at radius 2 is 1.47 bits per heavy atom. The van der Waals surface area contributed by atoms with E-state index in [0.29, 0.717) is 0 Å². The third-order valence-electron chi connectivity index (χ3n) is 3.20. The van der Waals surface area contributed by atoms with Gasteiger partial charge >= 0.3 is 5.97 Å². The van der Waals surface area contributed by atoms with Crippen molar-refractivity contribution in [3.05, 3.63) is 54.1 Å². The third-order valence-corrected chi connectivity index (χ3v) is 3.20. The molecule has 0 radical (unpaired) electrons. The summed E-state index contributed by atoms with van der Waals surface area (Å²) in [6.45, 7) is 1.69. The summed E-state index contributed by atoms with van der Waals surface area (Å²) in [5.41, 5.74) is 2.95. The highest BCUT2D eigenvalue weighted by molar-refractivity contribution is 5.76. The molecule has 0 heterocycles. The van der Waals surface area contributed by atoms with Crippen LogP contribution in [0.25, 0.3) is 11.1 Å². The molecular weight excluding hydrogens is 240 g/mol. The third kappa shape index (κ3) is 2.94. The number of methoxy groups -OCH3 is 1. The highest BCUT2D eigenvalue weighted by atomic mass is 16.5. The van der Waals surface area contributed by atoms with Crippen molar-refractivity contribution in [3.8, 4) is 16.9 Å². The summed E-state index contributed by atoms with van der Waals surface area (Å²) in [5.74, 6) is -0.470. The molecule has 2 aromatic rings. The lowest BCUT2D eigenvalue weighted by atomic mass is 9.98. The number of carboxylic acids is 1. The average Bonchev–Trinajstić information content (AvgIpc) is 2.46. The van der Waals surface area contributed by atoms with Crippen LogP contribution in [-0.4, -0.2) is 18.2 Å². The standard InChI is InChI=1S/C16H16O3/c1-11(16(17)18)12-3-5-13(6-4-12)14-7-9-15(19-2)10-8-14/h3-11H,1-2H3,(H,17,18). The van der Waals surface area contributed by atoms with Gasteiger partial charge in [0, 0.05) is 0 Å². The van der Waals surface area contributed by atoms with Gasteiger partial charge in [-0.1, -0.05) is 36.4 Å². The molecular formula is C16H16O3. The number of hydrogen-bond acceptors (Lipinski definition) is 2. The van der Waals surface area contributed by atoms with Crippen LogP contribution in [0, 0.1) is 0 Å². The molecule has 19 heavy (non-hydrogen) atoms. The molecule has 2 aromatic carbocycles. The Labute approximate surface area is 112 Å². The lowest BCUT2D eigenvalue weighted by molar-refractivity contribution is -0.138. The van der Waals surface area contributed by atoms with Crippen molar-refractivity contribution in [2.45, 2.75) is 12.8 Å². The van der Waals surface area contributed by atoms with Crippen molar-refractivity contribution in [1.29, 1.82) is 0 Å². The van der Waals surface area contributed by atoms with Crippen LogP contribution in [0.4, 0.5) is 0 Å². The van der Waals surface area contributed by atoms with Gasteiger partial charge in [-0.25, -0.2) is 0 Å². The molecule has 1 atom stereocenters. The average molecular weight is 256 g/mol. The lowest BCUT2D eigenvalue weighted by Crippen LogP contribution is -2.06. The molecule has 0 saturated carbocycles. The molecule has 0 aliphatic carbocycles. The summed E-state index contributed by atoms with van der Waals surface area (Å²) in [7, 11) is 1.64. The molecule has 1 N–H and O–H groups in total. The minimum absolute atomic E-state index is 0.482. The summed E-state index contributed by atoms with van der Waals surface area (Å²) in [6.07, 6.45) is 0. The molecule has 0 amide bonds. The highest BCUT2D eigenvalue weighted by Crippen LogP contribution is 2.24. The molecule has 0 aromatic heterocycles. The predicted molar refractivity (Wildman–Crippen MR) is 74.5 cm³/mol. The molecule has 3 heteroatoms. The van der Waals surface area contributed by atoms with Gasteiger partial charge in [0.1, 0.15) is 5.75 Å². The van der Waals surface area contributed by atoms with Gasteiger partial charge in [-0.2, -0.15) is 0 Å². The van der Waals surface area contributed by atoms with Crippen molar-refractivity contribution >= 4 is 5.97 Å². The minimum atomic E-state index is -0.808. The smallest absolute Gasteiger partial charge is 0.310 e. The van der Waals surface area contributed by atoms with Crippen molar-refractivity contribution in [1.82, 2.24) is 0 Å². The van der Waals surface area contributed by atoms with E-state index in [0.717, 1.165) is 22.4 Å². The molecule has 3 nitrogen and oxygen atoms in total. The Hall–Kier alpha value is -2.29. The largest absolute Gasteiger partial charge is 0.497 e. The molecule has 2 rings (SSSR count). The quantitative estimate of drug-likeness (QED) is 0.910. The van der Waals surface area contributed by atoms with Gasteiger partial charge in [0.2, 0.25) is 0 Å². The molecule has 0 spiro atoms. The number of carboxylic acid groups (broad SMARTS) is 1. The van der Waals surface area contributed by atoms with E-state index in [1.54, 1.807) is 14.0 Å². The van der Waals surface area contributed by atoms with Gasteiger partial charge in [0.25, 0.3) is 0 Å². The summed E-state index contributed by atoms with van der Waals surface area (Å²) >= 11 is 0. The monoisotopic (exact) mass is 256 g/mol. The predicted octanol–water partition coefficient (Wildman–Crippen LogP) is 3.55. The Morgan fingerprint density at radius 1 is 1.00 bits per heavy atom. The first kappa shape index (κ1) is 13.1. The summed E-state index contributed by atoms with van der Waals surface area (Å²) in [5, 5.41) is 8.97. The fourth-order valence-electron chi connectivity index (χ4n) is 1.89. The number of aliphatic carboxylic acids is 1. The van der Waals surface area contributed by atoms with Crippen molar-refractivity contribution < 1.29 is 14.6 Å². The molecule has 1 unspecified atom stereocenters. The normalized spacial score (nSPS) is 11.9. The number of rotatable bonds is 4. The van der Waals surface area contributed by atoms with E-state index in [9.17, 15) is 4.79 Å². The summed E-state index contributed by atoms with van der Waals surface area (Å²) < 4.78 is 5.12. The van der Waals surface area contributed by atoms with Crippen LogP contribution in [-0.2, 0) is 4.79 Å². The zero-order valence-electron chi connectivity index (χ0n) is 11.0. The fraction of sp³-hybridized carbons (Fsp3) is 0.188. The van der Waals surface area contributed by atoms with Crippen LogP contribution in [0.3, 0.4) is 0 Å². The van der Waals surface area contributed by atoms with Gasteiger partial charge in [-0.05, 0) is 35.7 Å². The topological polar surface area (TPSA) is 46.5 Å². The molecule has 0 aliphatic rings. The highest BCUT2D eigenvalue weighted by Gasteiger charge is 2.13. The molecule has 0 fully saturated rings. The van der Waals surface area contributed by atoms with E-state index >= 15 is 0 Å². The van der Waals surface area contributed by atoms with Gasteiger partial charge in [0.05, 0.1) is 13.0 Å². The van der Waals surface area contributed by atoms with E-state index in [2.05, 4.69) is 0 Å². The van der Waals surface area contributed by atoms with Crippen LogP contribution in [0.1, 0.15) is 18.4 Å². The van der Waals surface area contributed by atoms with Crippen LogP contribution in [0.2, 0.25) is 0 Å². The van der Waals surface area contributed by atoms with E-state index < -0.39 is 11.9 Å². The van der Waals surface area contributed by atoms with E-state index in [1.807, 2.05) is 48.5 Å². The molecule has 98 valence electrons. The second-order valence-corrected chi connectivity index (χ2v) is 4.41. The van der Waals surface area contributed by atoms with Crippen molar-refractivity contribution in [2.75, 3.05) is 7.11 Å². The number of benzene rings is 2. The van der Waals surface area contributed by atoms with E-state index in [-0.39, 0.29) is 0 Å². The van der Waals surface area contributed by atoms with Crippen LogP contribution in [0.15, 0.2) is 48.5 Å². The first-order valence-corrected chi connectivity index (χ1v) is 6.09. The minimum Gasteiger partial charge on any atom is -0.497 e.